The van der Waals surface area contributed by atoms with Gasteiger partial charge in [0.2, 0.25) is 0 Å². The van der Waals surface area contributed by atoms with Crippen LogP contribution in [0.5, 0.6) is 0 Å². The summed E-state index contributed by atoms with van der Waals surface area (Å²) in [7, 11) is 1.32. The predicted molar refractivity (Wildman–Crippen MR) is 76.8 cm³/mol. The number of rotatable bonds is 1. The number of benzene rings is 1. The molecule has 0 aliphatic carbocycles. The lowest BCUT2D eigenvalue weighted by molar-refractivity contribution is 0.0594. The van der Waals surface area contributed by atoms with E-state index in [2.05, 4.69) is 30.5 Å². The van der Waals surface area contributed by atoms with Crippen molar-refractivity contribution in [3.8, 4) is 0 Å². The van der Waals surface area contributed by atoms with Crippen molar-refractivity contribution in [3.05, 3.63) is 40.5 Å². The van der Waals surface area contributed by atoms with Crippen molar-refractivity contribution in [3.63, 3.8) is 0 Å². The zero-order valence-corrected chi connectivity index (χ0v) is 12.2. The summed E-state index contributed by atoms with van der Waals surface area (Å²) in [6.07, 6.45) is 0. The molecule has 0 amide bonds. The van der Waals surface area contributed by atoms with Gasteiger partial charge < -0.3 is 4.74 Å². The molecule has 0 fully saturated rings. The molecule has 0 atom stereocenters. The van der Waals surface area contributed by atoms with E-state index in [1.807, 2.05) is 18.2 Å². The first-order chi connectivity index (χ1) is 8.82. The average molecular weight is 278 g/mol. The van der Waals surface area contributed by atoms with Crippen LogP contribution in [0, 0.1) is 0 Å². The summed E-state index contributed by atoms with van der Waals surface area (Å²) in [5.41, 5.74) is 2.14. The number of halogens is 1. The highest BCUT2D eigenvalue weighted by atomic mass is 35.5. The minimum Gasteiger partial charge on any atom is -0.464 e. The van der Waals surface area contributed by atoms with Crippen molar-refractivity contribution in [2.75, 3.05) is 7.11 Å². The van der Waals surface area contributed by atoms with Crippen LogP contribution in [0.15, 0.2) is 24.3 Å². The molecule has 1 heterocycles. The lowest BCUT2D eigenvalue weighted by Crippen LogP contribution is -2.11. The number of carbonyl (C=O) groups is 1. The number of hydrogen-bond donors (Lipinski definition) is 0. The van der Waals surface area contributed by atoms with Crippen molar-refractivity contribution >= 4 is 28.5 Å². The third kappa shape index (κ3) is 2.71. The summed E-state index contributed by atoms with van der Waals surface area (Å²) in [5, 5.41) is 1.36. The summed E-state index contributed by atoms with van der Waals surface area (Å²) in [4.78, 5) is 15.8. The number of methoxy groups -OCH3 is 1. The molecule has 0 radical (unpaired) electrons. The number of esters is 1. The molecule has 0 spiro atoms. The van der Waals surface area contributed by atoms with Crippen molar-refractivity contribution < 1.29 is 9.53 Å². The quantitative estimate of drug-likeness (QED) is 0.740. The van der Waals surface area contributed by atoms with Gasteiger partial charge in [0.05, 0.1) is 17.6 Å². The lowest BCUT2D eigenvalue weighted by atomic mass is 9.86. The van der Waals surface area contributed by atoms with Crippen LogP contribution in [0.25, 0.3) is 10.9 Å². The van der Waals surface area contributed by atoms with Crippen molar-refractivity contribution in [1.82, 2.24) is 4.98 Å². The smallest absolute Gasteiger partial charge is 0.356 e. The summed E-state index contributed by atoms with van der Waals surface area (Å²) in [6, 6.07) is 7.45. The number of hydrogen-bond acceptors (Lipinski definition) is 3. The Morgan fingerprint density at radius 2 is 1.95 bits per heavy atom. The molecule has 0 aliphatic rings. The van der Waals surface area contributed by atoms with Gasteiger partial charge in [-0.2, -0.15) is 0 Å². The fourth-order valence-electron chi connectivity index (χ4n) is 1.86. The molecule has 19 heavy (non-hydrogen) atoms. The zero-order valence-electron chi connectivity index (χ0n) is 11.5. The first kappa shape index (κ1) is 13.8. The first-order valence-electron chi connectivity index (χ1n) is 6.02. The molecule has 0 bridgehead atoms. The van der Waals surface area contributed by atoms with E-state index in [1.165, 1.54) is 12.7 Å². The van der Waals surface area contributed by atoms with Crippen LogP contribution in [-0.4, -0.2) is 18.1 Å². The summed E-state index contributed by atoms with van der Waals surface area (Å²) in [5.74, 6) is -0.483. The maximum absolute atomic E-state index is 11.5. The number of aromatic nitrogens is 1. The predicted octanol–water partition coefficient (Wildman–Crippen LogP) is 3.97. The second-order valence-corrected chi connectivity index (χ2v) is 5.87. The minimum absolute atomic E-state index is 0.0402. The standard InChI is InChI=1S/C15H16ClNO2/c1-15(2,3)9-5-6-12-10(7-9)11(16)8-13(17-12)14(18)19-4/h5-8H,1-4H3. The third-order valence-electron chi connectivity index (χ3n) is 3.02. The normalized spacial score (nSPS) is 11.6. The van der Waals surface area contributed by atoms with Crippen molar-refractivity contribution in [2.24, 2.45) is 0 Å². The molecule has 1 aromatic heterocycles. The van der Waals surface area contributed by atoms with Gasteiger partial charge in [-0.05, 0) is 29.2 Å². The van der Waals surface area contributed by atoms with Gasteiger partial charge in [0, 0.05) is 5.39 Å². The topological polar surface area (TPSA) is 39.2 Å². The van der Waals surface area contributed by atoms with Crippen LogP contribution in [0.2, 0.25) is 5.02 Å². The van der Waals surface area contributed by atoms with Crippen molar-refractivity contribution in [1.29, 1.82) is 0 Å². The highest BCUT2D eigenvalue weighted by Gasteiger charge is 2.16. The molecular weight excluding hydrogens is 262 g/mol. The summed E-state index contributed by atoms with van der Waals surface area (Å²) in [6.45, 7) is 6.41. The lowest BCUT2D eigenvalue weighted by Gasteiger charge is -2.19. The summed E-state index contributed by atoms with van der Waals surface area (Å²) < 4.78 is 4.66. The van der Waals surface area contributed by atoms with Crippen LogP contribution in [-0.2, 0) is 10.2 Å². The van der Waals surface area contributed by atoms with E-state index in [-0.39, 0.29) is 11.1 Å². The maximum Gasteiger partial charge on any atom is 0.356 e. The molecule has 3 nitrogen and oxygen atoms in total. The van der Waals surface area contributed by atoms with Gasteiger partial charge in [-0.3, -0.25) is 0 Å². The molecule has 0 aliphatic heterocycles. The first-order valence-corrected chi connectivity index (χ1v) is 6.40. The Morgan fingerprint density at radius 3 is 2.53 bits per heavy atom. The number of carbonyl (C=O) groups excluding carboxylic acids is 1. The van der Waals surface area contributed by atoms with Crippen LogP contribution in [0.1, 0.15) is 36.8 Å². The minimum atomic E-state index is -0.483. The van der Waals surface area contributed by atoms with Gasteiger partial charge in [0.15, 0.2) is 5.69 Å². The third-order valence-corrected chi connectivity index (χ3v) is 3.33. The van der Waals surface area contributed by atoms with Crippen LogP contribution >= 0.6 is 11.6 Å². The fraction of sp³-hybridized carbons (Fsp3) is 0.333. The Morgan fingerprint density at radius 1 is 1.26 bits per heavy atom. The van der Waals surface area contributed by atoms with E-state index in [1.54, 1.807) is 6.07 Å². The number of pyridine rings is 1. The zero-order chi connectivity index (χ0) is 14.2. The molecule has 0 saturated heterocycles. The van der Waals surface area contributed by atoms with Gasteiger partial charge in [0.1, 0.15) is 0 Å². The van der Waals surface area contributed by atoms with E-state index >= 15 is 0 Å². The molecule has 2 aromatic rings. The van der Waals surface area contributed by atoms with Gasteiger partial charge in [-0.15, -0.1) is 0 Å². The van der Waals surface area contributed by atoms with Crippen LogP contribution in [0.4, 0.5) is 0 Å². The number of ether oxygens (including phenoxy) is 1. The van der Waals surface area contributed by atoms with E-state index < -0.39 is 5.97 Å². The second-order valence-electron chi connectivity index (χ2n) is 5.46. The van der Waals surface area contributed by atoms with Crippen LogP contribution < -0.4 is 0 Å². The van der Waals surface area contributed by atoms with Crippen molar-refractivity contribution in [2.45, 2.75) is 26.2 Å². The van der Waals surface area contributed by atoms with Gasteiger partial charge >= 0.3 is 5.97 Å². The Balaban J connectivity index is 2.63. The van der Waals surface area contributed by atoms with Gasteiger partial charge in [-0.1, -0.05) is 38.4 Å². The average Bonchev–Trinajstić information content (AvgIpc) is 2.36. The molecule has 0 saturated carbocycles. The van der Waals surface area contributed by atoms with E-state index in [0.29, 0.717) is 10.5 Å². The summed E-state index contributed by atoms with van der Waals surface area (Å²) >= 11 is 6.24. The monoisotopic (exact) mass is 277 g/mol. The highest BCUT2D eigenvalue weighted by molar-refractivity contribution is 6.35. The largest absolute Gasteiger partial charge is 0.464 e. The maximum atomic E-state index is 11.5. The molecule has 1 aromatic carbocycles. The molecule has 0 unspecified atom stereocenters. The van der Waals surface area contributed by atoms with Gasteiger partial charge in [-0.25, -0.2) is 9.78 Å². The molecule has 100 valence electrons. The fourth-order valence-corrected chi connectivity index (χ4v) is 2.12. The Bertz CT molecular complexity index is 644. The highest BCUT2D eigenvalue weighted by Crippen LogP contribution is 2.29. The number of fused-ring (bicyclic) bond motifs is 1. The molecule has 0 N–H and O–H groups in total. The Labute approximate surface area is 117 Å². The Hall–Kier alpha value is -1.61. The molecular formula is C15H16ClNO2. The van der Waals surface area contributed by atoms with E-state index in [4.69, 9.17) is 11.6 Å². The van der Waals surface area contributed by atoms with Gasteiger partial charge in [0.25, 0.3) is 0 Å². The van der Waals surface area contributed by atoms with E-state index in [0.717, 1.165) is 5.39 Å². The SMILES string of the molecule is COC(=O)c1cc(Cl)c2cc(C(C)(C)C)ccc2n1. The Kier molecular flexibility index (Phi) is 3.50. The molecule has 4 heteroatoms. The second kappa shape index (κ2) is 4.82. The van der Waals surface area contributed by atoms with E-state index in [9.17, 15) is 4.79 Å². The van der Waals surface area contributed by atoms with Crippen LogP contribution in [0.3, 0.4) is 0 Å². The molecule has 2 rings (SSSR count). The number of nitrogens with zero attached hydrogens (tertiary/aromatic N) is 1.